The number of aromatic nitrogens is 3. The average molecular weight is 211 g/mol. The van der Waals surface area contributed by atoms with E-state index in [9.17, 15) is 4.79 Å². The number of amides is 1. The van der Waals surface area contributed by atoms with E-state index in [1.165, 1.54) is 11.0 Å². The standard InChI is InChI=1S/C9H17N5O/c1-3-5-13(4-2)8(15)6-14-7-11-9(10)12-14/h7H,3-6H2,1-2H3,(H2,10,12). The largest absolute Gasteiger partial charge is 0.367 e. The van der Waals surface area contributed by atoms with Crippen molar-refractivity contribution in [2.75, 3.05) is 18.8 Å². The van der Waals surface area contributed by atoms with Gasteiger partial charge in [-0.1, -0.05) is 6.92 Å². The highest BCUT2D eigenvalue weighted by molar-refractivity contribution is 5.75. The van der Waals surface area contributed by atoms with Gasteiger partial charge in [-0.25, -0.2) is 9.67 Å². The van der Waals surface area contributed by atoms with Gasteiger partial charge in [0.1, 0.15) is 12.9 Å². The van der Waals surface area contributed by atoms with Gasteiger partial charge in [0.2, 0.25) is 11.9 Å². The lowest BCUT2D eigenvalue weighted by Gasteiger charge is -2.19. The molecule has 0 aliphatic carbocycles. The Bertz CT molecular complexity index is 322. The van der Waals surface area contributed by atoms with E-state index >= 15 is 0 Å². The lowest BCUT2D eigenvalue weighted by molar-refractivity contribution is -0.131. The molecule has 0 aliphatic heterocycles. The fourth-order valence-electron chi connectivity index (χ4n) is 1.35. The number of rotatable bonds is 5. The molecule has 6 heteroatoms. The third kappa shape index (κ3) is 3.23. The second kappa shape index (κ2) is 5.33. The van der Waals surface area contributed by atoms with Crippen LogP contribution in [-0.2, 0) is 11.3 Å². The number of hydrogen-bond donors (Lipinski definition) is 1. The van der Waals surface area contributed by atoms with Gasteiger partial charge < -0.3 is 10.6 Å². The minimum Gasteiger partial charge on any atom is -0.367 e. The molecule has 15 heavy (non-hydrogen) atoms. The molecule has 1 heterocycles. The predicted octanol–water partition coefficient (Wildman–Crippen LogP) is 0.119. The van der Waals surface area contributed by atoms with Crippen molar-refractivity contribution in [3.8, 4) is 0 Å². The molecular weight excluding hydrogens is 194 g/mol. The number of nitrogen functional groups attached to an aromatic ring is 1. The van der Waals surface area contributed by atoms with E-state index in [-0.39, 0.29) is 18.4 Å². The fraction of sp³-hybridized carbons (Fsp3) is 0.667. The maximum absolute atomic E-state index is 11.7. The van der Waals surface area contributed by atoms with Crippen LogP contribution in [0, 0.1) is 0 Å². The molecule has 0 radical (unpaired) electrons. The zero-order valence-electron chi connectivity index (χ0n) is 9.18. The molecule has 0 saturated heterocycles. The normalized spacial score (nSPS) is 10.3. The Hall–Kier alpha value is -1.59. The van der Waals surface area contributed by atoms with Crippen LogP contribution in [0.5, 0.6) is 0 Å². The van der Waals surface area contributed by atoms with Gasteiger partial charge in [0.05, 0.1) is 0 Å². The molecule has 1 aromatic heterocycles. The maximum Gasteiger partial charge on any atom is 0.244 e. The second-order valence-electron chi connectivity index (χ2n) is 3.27. The Morgan fingerprint density at radius 3 is 2.80 bits per heavy atom. The van der Waals surface area contributed by atoms with Gasteiger partial charge in [-0.05, 0) is 13.3 Å². The predicted molar refractivity (Wildman–Crippen MR) is 57.0 cm³/mol. The summed E-state index contributed by atoms with van der Waals surface area (Å²) in [6.45, 7) is 5.71. The number of nitrogens with two attached hydrogens (primary N) is 1. The van der Waals surface area contributed by atoms with Crippen LogP contribution in [0.15, 0.2) is 6.33 Å². The average Bonchev–Trinajstić information content (AvgIpc) is 2.60. The number of carbonyl (C=O) groups excluding carboxylic acids is 1. The molecule has 1 aromatic rings. The minimum atomic E-state index is 0.0456. The van der Waals surface area contributed by atoms with E-state index in [1.54, 1.807) is 4.90 Å². The first kappa shape index (κ1) is 11.5. The van der Waals surface area contributed by atoms with Crippen LogP contribution in [0.3, 0.4) is 0 Å². The van der Waals surface area contributed by atoms with Crippen molar-refractivity contribution >= 4 is 11.9 Å². The van der Waals surface area contributed by atoms with E-state index in [2.05, 4.69) is 10.1 Å². The Balaban J connectivity index is 2.53. The Kier molecular flexibility index (Phi) is 4.08. The second-order valence-corrected chi connectivity index (χ2v) is 3.27. The molecule has 0 unspecified atom stereocenters. The number of anilines is 1. The summed E-state index contributed by atoms with van der Waals surface area (Å²) in [6, 6.07) is 0. The van der Waals surface area contributed by atoms with E-state index in [4.69, 9.17) is 5.73 Å². The highest BCUT2D eigenvalue weighted by Gasteiger charge is 2.11. The van der Waals surface area contributed by atoms with Crippen LogP contribution < -0.4 is 5.73 Å². The summed E-state index contributed by atoms with van der Waals surface area (Å²) in [5, 5.41) is 3.86. The van der Waals surface area contributed by atoms with Crippen LogP contribution in [0.2, 0.25) is 0 Å². The molecule has 0 aliphatic rings. The SMILES string of the molecule is CCCN(CC)C(=O)Cn1cnc(N)n1. The third-order valence-corrected chi connectivity index (χ3v) is 2.08. The van der Waals surface area contributed by atoms with E-state index in [0.717, 1.165) is 19.5 Å². The molecule has 1 amide bonds. The first-order chi connectivity index (χ1) is 7.17. The van der Waals surface area contributed by atoms with Crippen LogP contribution in [0.1, 0.15) is 20.3 Å². The number of likely N-dealkylation sites (N-methyl/N-ethyl adjacent to an activating group) is 1. The van der Waals surface area contributed by atoms with Gasteiger partial charge in [0.15, 0.2) is 0 Å². The molecular formula is C9H17N5O. The molecule has 0 saturated carbocycles. The zero-order valence-corrected chi connectivity index (χ0v) is 9.18. The molecule has 0 bridgehead atoms. The summed E-state index contributed by atoms with van der Waals surface area (Å²) in [4.78, 5) is 17.3. The van der Waals surface area contributed by atoms with Crippen LogP contribution in [0.4, 0.5) is 5.95 Å². The molecule has 0 fully saturated rings. The first-order valence-corrected chi connectivity index (χ1v) is 5.10. The third-order valence-electron chi connectivity index (χ3n) is 2.08. The van der Waals surface area contributed by atoms with Crippen molar-refractivity contribution in [2.24, 2.45) is 0 Å². The molecule has 0 aromatic carbocycles. The summed E-state index contributed by atoms with van der Waals surface area (Å²) in [7, 11) is 0. The van der Waals surface area contributed by atoms with Gasteiger partial charge in [-0.3, -0.25) is 4.79 Å². The van der Waals surface area contributed by atoms with Gasteiger partial charge in [-0.15, -0.1) is 5.10 Å². The molecule has 2 N–H and O–H groups in total. The summed E-state index contributed by atoms with van der Waals surface area (Å²) < 4.78 is 1.45. The van der Waals surface area contributed by atoms with Gasteiger partial charge in [-0.2, -0.15) is 0 Å². The van der Waals surface area contributed by atoms with E-state index in [1.807, 2.05) is 13.8 Å². The summed E-state index contributed by atoms with van der Waals surface area (Å²) in [5.41, 5.74) is 5.35. The molecule has 0 atom stereocenters. The van der Waals surface area contributed by atoms with E-state index < -0.39 is 0 Å². The van der Waals surface area contributed by atoms with Crippen molar-refractivity contribution in [3.05, 3.63) is 6.33 Å². The van der Waals surface area contributed by atoms with Crippen LogP contribution in [0.25, 0.3) is 0 Å². The van der Waals surface area contributed by atoms with Crippen LogP contribution in [-0.4, -0.2) is 38.7 Å². The number of hydrogen-bond acceptors (Lipinski definition) is 4. The van der Waals surface area contributed by atoms with Crippen molar-refractivity contribution in [3.63, 3.8) is 0 Å². The Morgan fingerprint density at radius 1 is 1.60 bits per heavy atom. The first-order valence-electron chi connectivity index (χ1n) is 5.10. The topological polar surface area (TPSA) is 77.0 Å². The Labute approximate surface area is 89.1 Å². The molecule has 84 valence electrons. The summed E-state index contributed by atoms with van der Waals surface area (Å²) in [5.74, 6) is 0.241. The lowest BCUT2D eigenvalue weighted by Crippen LogP contribution is -2.34. The number of nitrogens with zero attached hydrogens (tertiary/aromatic N) is 4. The molecule has 1 rings (SSSR count). The van der Waals surface area contributed by atoms with Crippen molar-refractivity contribution in [1.29, 1.82) is 0 Å². The highest BCUT2D eigenvalue weighted by atomic mass is 16.2. The monoisotopic (exact) mass is 211 g/mol. The van der Waals surface area contributed by atoms with Crippen LogP contribution >= 0.6 is 0 Å². The summed E-state index contributed by atoms with van der Waals surface area (Å²) in [6.07, 6.45) is 2.42. The minimum absolute atomic E-state index is 0.0456. The highest BCUT2D eigenvalue weighted by Crippen LogP contribution is 1.96. The maximum atomic E-state index is 11.7. The smallest absolute Gasteiger partial charge is 0.244 e. The zero-order chi connectivity index (χ0) is 11.3. The molecule has 0 spiro atoms. The summed E-state index contributed by atoms with van der Waals surface area (Å²) >= 11 is 0. The quantitative estimate of drug-likeness (QED) is 0.750. The lowest BCUT2D eigenvalue weighted by atomic mass is 10.4. The van der Waals surface area contributed by atoms with Gasteiger partial charge >= 0.3 is 0 Å². The fourth-order valence-corrected chi connectivity index (χ4v) is 1.35. The van der Waals surface area contributed by atoms with Crippen molar-refractivity contribution in [2.45, 2.75) is 26.8 Å². The van der Waals surface area contributed by atoms with Gasteiger partial charge in [0, 0.05) is 13.1 Å². The van der Waals surface area contributed by atoms with Crippen molar-refractivity contribution in [1.82, 2.24) is 19.7 Å². The van der Waals surface area contributed by atoms with Crippen molar-refractivity contribution < 1.29 is 4.79 Å². The molecule has 6 nitrogen and oxygen atoms in total. The number of carbonyl (C=O) groups is 1. The Morgan fingerprint density at radius 2 is 2.33 bits per heavy atom. The van der Waals surface area contributed by atoms with Gasteiger partial charge in [0.25, 0.3) is 0 Å². The van der Waals surface area contributed by atoms with E-state index in [0.29, 0.717) is 0 Å².